The molecule has 0 aliphatic carbocycles. The monoisotopic (exact) mass is 682 g/mol. The number of benzene rings is 7. The Labute approximate surface area is 307 Å². The molecule has 0 amide bonds. The van der Waals surface area contributed by atoms with Gasteiger partial charge in [0.2, 0.25) is 6.71 Å². The van der Waals surface area contributed by atoms with Gasteiger partial charge in [0.05, 0.1) is 21.4 Å². The van der Waals surface area contributed by atoms with Crippen molar-refractivity contribution in [3.8, 4) is 11.3 Å². The second-order valence-corrected chi connectivity index (χ2v) is 16.1. The van der Waals surface area contributed by atoms with Crippen molar-refractivity contribution in [3.05, 3.63) is 161 Å². The molecule has 0 radical (unpaired) electrons. The molecular formula is C48H35BN2S. The van der Waals surface area contributed by atoms with Gasteiger partial charge in [-0.2, -0.15) is 0 Å². The summed E-state index contributed by atoms with van der Waals surface area (Å²) < 4.78 is 4.95. The van der Waals surface area contributed by atoms with Gasteiger partial charge >= 0.3 is 0 Å². The topological polar surface area (TPSA) is 17.3 Å². The fourth-order valence-electron chi connectivity index (χ4n) is 9.60. The number of nitrogens with zero attached hydrogens (tertiary/aromatic N) is 2. The molecule has 1 aliphatic heterocycles. The smallest absolute Gasteiger partial charge is 0.242 e. The zero-order valence-corrected chi connectivity index (χ0v) is 30.5. The minimum Gasteiger partial charge on any atom is -0.291 e. The predicted molar refractivity (Wildman–Crippen MR) is 225 cm³/mol. The van der Waals surface area contributed by atoms with Gasteiger partial charge in [-0.1, -0.05) is 148 Å². The summed E-state index contributed by atoms with van der Waals surface area (Å²) >= 11 is 1.86. The van der Waals surface area contributed by atoms with E-state index in [1.165, 1.54) is 103 Å². The van der Waals surface area contributed by atoms with Crippen molar-refractivity contribution >= 4 is 92.8 Å². The average molecular weight is 683 g/mol. The molecule has 2 nitrogen and oxygen atoms in total. The second kappa shape index (κ2) is 10.9. The summed E-state index contributed by atoms with van der Waals surface area (Å²) in [6.45, 7) is 9.26. The number of fused-ring (bicyclic) bond motifs is 13. The molecule has 10 aromatic rings. The van der Waals surface area contributed by atoms with E-state index in [1.807, 2.05) is 11.3 Å². The molecule has 0 unspecified atom stereocenters. The Hall–Kier alpha value is -5.71. The molecule has 246 valence electrons. The molecular weight excluding hydrogens is 647 g/mol. The number of hydrogen-bond donors (Lipinski definition) is 0. The first kappa shape index (κ1) is 30.0. The molecule has 3 aromatic heterocycles. The molecule has 4 heteroatoms. The summed E-state index contributed by atoms with van der Waals surface area (Å²) in [4.78, 5) is 5.48. The van der Waals surface area contributed by atoms with E-state index in [0.29, 0.717) is 0 Å². The number of rotatable bonds is 2. The van der Waals surface area contributed by atoms with E-state index in [9.17, 15) is 0 Å². The van der Waals surface area contributed by atoms with E-state index in [1.54, 1.807) is 0 Å². The van der Waals surface area contributed by atoms with Crippen LogP contribution in [0.2, 0.25) is 0 Å². The van der Waals surface area contributed by atoms with Crippen LogP contribution in [-0.4, -0.2) is 16.1 Å². The molecule has 4 heterocycles. The van der Waals surface area contributed by atoms with Crippen molar-refractivity contribution in [1.82, 2.24) is 9.38 Å². The van der Waals surface area contributed by atoms with Crippen LogP contribution in [0, 0.1) is 27.7 Å². The molecule has 7 aromatic carbocycles. The largest absolute Gasteiger partial charge is 0.291 e. The molecule has 11 rings (SSSR count). The van der Waals surface area contributed by atoms with Crippen LogP contribution < -0.4 is 16.4 Å². The second-order valence-electron chi connectivity index (χ2n) is 15.0. The minimum absolute atomic E-state index is 0.198. The maximum Gasteiger partial charge on any atom is 0.242 e. The first-order chi connectivity index (χ1) is 25.4. The van der Waals surface area contributed by atoms with Crippen molar-refractivity contribution in [2.75, 3.05) is 0 Å². The van der Waals surface area contributed by atoms with Crippen LogP contribution in [0.5, 0.6) is 0 Å². The fraction of sp³-hybridized carbons (Fsp3) is 0.104. The number of aryl methyl sites for hydroxylation is 4. The summed E-state index contributed by atoms with van der Waals surface area (Å²) in [5.41, 5.74) is 18.3. The first-order valence-corrected chi connectivity index (χ1v) is 19.1. The SMILES string of the molecule is Cc1cc(C)c2c(c1)Cc1cc(C)cc(C)c1B2c1ccc(-c2cc3c(sc4ccc5ccccc5c43)c3nc4c5ccccc5ccc4n23)cc1. The van der Waals surface area contributed by atoms with Crippen LogP contribution >= 0.6 is 11.3 Å². The molecule has 0 spiro atoms. The van der Waals surface area contributed by atoms with E-state index >= 15 is 0 Å². The lowest BCUT2D eigenvalue weighted by molar-refractivity contribution is 1.16. The maximum atomic E-state index is 5.48. The van der Waals surface area contributed by atoms with Crippen molar-refractivity contribution < 1.29 is 0 Å². The molecule has 0 saturated heterocycles. The van der Waals surface area contributed by atoms with Crippen molar-refractivity contribution in [3.63, 3.8) is 0 Å². The molecule has 1 aliphatic rings. The van der Waals surface area contributed by atoms with Crippen LogP contribution in [0.25, 0.3) is 69.7 Å². The van der Waals surface area contributed by atoms with E-state index in [0.717, 1.165) is 23.1 Å². The summed E-state index contributed by atoms with van der Waals surface area (Å²) in [5, 5.41) is 7.56. The maximum absolute atomic E-state index is 5.48. The van der Waals surface area contributed by atoms with Crippen LogP contribution in [0.4, 0.5) is 0 Å². The number of thiophene rings is 1. The minimum atomic E-state index is 0.198. The van der Waals surface area contributed by atoms with E-state index in [2.05, 4.69) is 159 Å². The van der Waals surface area contributed by atoms with E-state index < -0.39 is 0 Å². The summed E-state index contributed by atoms with van der Waals surface area (Å²) in [6.07, 6.45) is 0.994. The Morgan fingerprint density at radius 2 is 1.25 bits per heavy atom. The van der Waals surface area contributed by atoms with Gasteiger partial charge in [-0.15, -0.1) is 11.3 Å². The van der Waals surface area contributed by atoms with Crippen molar-refractivity contribution in [1.29, 1.82) is 0 Å². The number of imidazole rings is 1. The highest BCUT2D eigenvalue weighted by molar-refractivity contribution is 7.26. The zero-order chi connectivity index (χ0) is 34.8. The first-order valence-electron chi connectivity index (χ1n) is 18.3. The summed E-state index contributed by atoms with van der Waals surface area (Å²) in [5.74, 6) is 0. The molecule has 0 atom stereocenters. The van der Waals surface area contributed by atoms with E-state index in [-0.39, 0.29) is 6.71 Å². The van der Waals surface area contributed by atoms with Gasteiger partial charge in [-0.05, 0) is 85.2 Å². The standard InChI is InChI=1S/C48H35BN2S/c1-27-21-29(3)44-34(23-27)25-35-24-28(2)22-30(4)45(35)49(44)36-17-13-33(14-18-36)41-26-39-43-37-11-7-5-9-31(37)16-20-42(43)52-47(39)48-50-46-38-12-8-6-10-32(38)15-19-40(46)51(41)48/h5-24,26H,25H2,1-4H3. The Morgan fingerprint density at radius 3 is 1.96 bits per heavy atom. The zero-order valence-electron chi connectivity index (χ0n) is 29.7. The summed E-state index contributed by atoms with van der Waals surface area (Å²) in [6, 6.07) is 48.0. The quantitative estimate of drug-likeness (QED) is 0.166. The highest BCUT2D eigenvalue weighted by Gasteiger charge is 2.33. The van der Waals surface area contributed by atoms with Crippen LogP contribution in [0.15, 0.2) is 127 Å². The third-order valence-corrected chi connectivity index (χ3v) is 12.8. The molecule has 0 fully saturated rings. The third kappa shape index (κ3) is 4.22. The van der Waals surface area contributed by atoms with Gasteiger partial charge < -0.3 is 0 Å². The van der Waals surface area contributed by atoms with Gasteiger partial charge in [0.1, 0.15) is 0 Å². The normalized spacial score (nSPS) is 12.9. The van der Waals surface area contributed by atoms with Gasteiger partial charge in [-0.25, -0.2) is 4.98 Å². The lowest BCUT2D eigenvalue weighted by Gasteiger charge is -2.31. The predicted octanol–water partition coefficient (Wildman–Crippen LogP) is 10.5. The lowest BCUT2D eigenvalue weighted by Crippen LogP contribution is -2.58. The molecule has 0 bridgehead atoms. The number of pyridine rings is 1. The van der Waals surface area contributed by atoms with Crippen LogP contribution in [0.1, 0.15) is 33.4 Å². The van der Waals surface area contributed by atoms with Gasteiger partial charge in [-0.3, -0.25) is 4.40 Å². The van der Waals surface area contributed by atoms with Crippen molar-refractivity contribution in [2.24, 2.45) is 0 Å². The van der Waals surface area contributed by atoms with Gasteiger partial charge in [0.15, 0.2) is 5.65 Å². The van der Waals surface area contributed by atoms with Crippen LogP contribution in [-0.2, 0) is 6.42 Å². The lowest BCUT2D eigenvalue weighted by atomic mass is 9.32. The van der Waals surface area contributed by atoms with Crippen LogP contribution in [0.3, 0.4) is 0 Å². The summed E-state index contributed by atoms with van der Waals surface area (Å²) in [7, 11) is 0. The Bertz CT molecular complexity index is 3090. The van der Waals surface area contributed by atoms with Gasteiger partial charge in [0, 0.05) is 20.9 Å². The third-order valence-electron chi connectivity index (χ3n) is 11.6. The molecule has 0 N–H and O–H groups in total. The highest BCUT2D eigenvalue weighted by Crippen LogP contribution is 2.43. The number of aromatic nitrogens is 2. The Kier molecular flexibility index (Phi) is 6.28. The van der Waals surface area contributed by atoms with Crippen molar-refractivity contribution in [2.45, 2.75) is 34.1 Å². The Morgan fingerprint density at radius 1 is 0.615 bits per heavy atom. The highest BCUT2D eigenvalue weighted by atomic mass is 32.1. The number of hydrogen-bond acceptors (Lipinski definition) is 2. The van der Waals surface area contributed by atoms with E-state index in [4.69, 9.17) is 4.98 Å². The van der Waals surface area contributed by atoms with Gasteiger partial charge in [0.25, 0.3) is 0 Å². The fourth-order valence-corrected chi connectivity index (χ4v) is 10.8. The molecule has 52 heavy (non-hydrogen) atoms. The molecule has 0 saturated carbocycles. The average Bonchev–Trinajstić information content (AvgIpc) is 3.73. The Balaban J connectivity index is 1.19.